The Labute approximate surface area is 358 Å². The molecule has 9 nitrogen and oxygen atoms in total. The fraction of sp³-hybridized carbons (Fsp3) is 0.449. The van der Waals surface area contributed by atoms with E-state index in [4.69, 9.17) is 4.74 Å². The molecule has 0 saturated heterocycles. The predicted molar refractivity (Wildman–Crippen MR) is 242 cm³/mol. The van der Waals surface area contributed by atoms with E-state index in [-0.39, 0.29) is 15.2 Å². The maximum atomic E-state index is 12.3. The van der Waals surface area contributed by atoms with E-state index in [0.29, 0.717) is 17.4 Å². The van der Waals surface area contributed by atoms with E-state index in [1.807, 2.05) is 6.07 Å². The number of ether oxygens (including phenoxy) is 1. The van der Waals surface area contributed by atoms with Gasteiger partial charge in [0.25, 0.3) is 20.2 Å². The number of allylic oxidation sites excluding steroid dienone is 7. The maximum Gasteiger partial charge on any atom is 0.294 e. The first-order valence-corrected chi connectivity index (χ1v) is 24.4. The topological polar surface area (TPSA) is 124 Å². The molecule has 6 rings (SSSR count). The van der Waals surface area contributed by atoms with Crippen molar-refractivity contribution in [2.24, 2.45) is 5.92 Å². The van der Waals surface area contributed by atoms with Gasteiger partial charge < -0.3 is 9.64 Å². The highest BCUT2D eigenvalue weighted by Gasteiger charge is 2.45. The van der Waals surface area contributed by atoms with Gasteiger partial charge in [-0.05, 0) is 130 Å². The Bertz CT molecular complexity index is 2490. The number of fused-ring (bicyclic) bond motifs is 2. The molecule has 0 saturated carbocycles. The van der Waals surface area contributed by atoms with Gasteiger partial charge in [0.15, 0.2) is 5.71 Å². The van der Waals surface area contributed by atoms with E-state index in [9.17, 15) is 25.9 Å². The minimum absolute atomic E-state index is 0.122. The second-order valence-electron chi connectivity index (χ2n) is 18.0. The molecule has 0 spiro atoms. The molecular weight excluding hydrogens is 793 g/mol. The first kappa shape index (κ1) is 45.2. The molecule has 2 N–H and O–H groups in total. The van der Waals surface area contributed by atoms with E-state index >= 15 is 0 Å². The third-order valence-electron chi connectivity index (χ3n) is 12.3. The summed E-state index contributed by atoms with van der Waals surface area (Å²) >= 11 is 0. The molecule has 322 valence electrons. The summed E-state index contributed by atoms with van der Waals surface area (Å²) in [6.45, 7) is 19.2. The Morgan fingerprint density at radius 2 is 1.50 bits per heavy atom. The Morgan fingerprint density at radius 1 is 0.800 bits per heavy atom. The van der Waals surface area contributed by atoms with Crippen LogP contribution in [0.1, 0.15) is 123 Å². The summed E-state index contributed by atoms with van der Waals surface area (Å²) in [5, 5.41) is 0. The van der Waals surface area contributed by atoms with Gasteiger partial charge in [0, 0.05) is 47.5 Å². The quantitative estimate of drug-likeness (QED) is 0.0829. The molecule has 0 aromatic heterocycles. The van der Waals surface area contributed by atoms with Gasteiger partial charge in [-0.2, -0.15) is 21.4 Å². The summed E-state index contributed by atoms with van der Waals surface area (Å²) in [4.78, 5) is 2.13. The molecule has 0 atom stereocenters. The highest BCUT2D eigenvalue weighted by atomic mass is 32.2. The Hall–Kier alpha value is -4.29. The van der Waals surface area contributed by atoms with Crippen LogP contribution in [0.15, 0.2) is 117 Å². The maximum absolute atomic E-state index is 12.3. The molecule has 2 heterocycles. The van der Waals surface area contributed by atoms with Crippen molar-refractivity contribution >= 4 is 37.3 Å². The van der Waals surface area contributed by atoms with Gasteiger partial charge >= 0.3 is 0 Å². The molecule has 2 aliphatic heterocycles. The number of hydrogen-bond donors (Lipinski definition) is 2. The smallest absolute Gasteiger partial charge is 0.294 e. The number of anilines is 1. The second-order valence-corrected chi connectivity index (χ2v) is 20.9. The molecule has 0 amide bonds. The number of nitrogens with zero attached hydrogens (tertiary/aromatic N) is 2. The lowest BCUT2D eigenvalue weighted by atomic mass is 9.81. The first-order valence-electron chi connectivity index (χ1n) is 21.5. The average Bonchev–Trinajstić information content (AvgIpc) is 3.52. The molecular formula is C49H63N2O7S2+. The van der Waals surface area contributed by atoms with Gasteiger partial charge in [0.2, 0.25) is 5.69 Å². The van der Waals surface area contributed by atoms with E-state index in [1.54, 1.807) is 18.2 Å². The Balaban J connectivity index is 1.46. The summed E-state index contributed by atoms with van der Waals surface area (Å²) in [6, 6.07) is 17.4. The largest absolute Gasteiger partial charge is 0.457 e. The highest BCUT2D eigenvalue weighted by Crippen LogP contribution is 2.49. The van der Waals surface area contributed by atoms with Crippen LogP contribution in [0.4, 0.5) is 11.4 Å². The SMILES string of the molecule is CCCCN1/C(=C/C=C2\CCCC(/C=C/C3=[N+](CCCCCC(C)C)c4ccc(S(=O)(=O)O)cc4C3(C)C)=C2Oc2ccc(S(=O)(=O)O)cc2)C(C)(C)c2cc(C)ccc21. The van der Waals surface area contributed by atoms with Crippen LogP contribution in [0.3, 0.4) is 0 Å². The molecule has 0 bridgehead atoms. The van der Waals surface area contributed by atoms with Crippen molar-refractivity contribution in [1.29, 1.82) is 0 Å². The standard InChI is InChI=1S/C49H62N2O7S2/c1-9-10-30-50-43-26-18-35(4)32-41(43)48(5,6)45(50)28-19-36-16-14-17-37(47(36)58-38-21-23-39(24-22-38)59(52,53)54)20-29-46-49(7,8)42-33-40(60(55,56)57)25-27-44(42)51(46)31-13-11-12-15-34(2)3/h18-29,32-34H,9-17,30-31H2,1-8H3,(H-,52,53,54,55,56,57)/p+1. The van der Waals surface area contributed by atoms with E-state index < -0.39 is 25.7 Å². The molecule has 11 heteroatoms. The van der Waals surface area contributed by atoms with Crippen molar-refractivity contribution in [2.75, 3.05) is 18.0 Å². The van der Waals surface area contributed by atoms with Crippen LogP contribution in [-0.4, -0.2) is 49.3 Å². The normalized spacial score (nSPS) is 19.0. The fourth-order valence-corrected chi connectivity index (χ4v) is 9.90. The van der Waals surface area contributed by atoms with Crippen molar-refractivity contribution in [3.05, 3.63) is 124 Å². The fourth-order valence-electron chi connectivity index (χ4n) is 8.91. The zero-order valence-electron chi connectivity index (χ0n) is 36.6. The number of unbranched alkanes of at least 4 members (excludes halogenated alkanes) is 3. The Kier molecular flexibility index (Phi) is 13.6. The molecule has 0 radical (unpaired) electrons. The second kappa shape index (κ2) is 18.0. The van der Waals surface area contributed by atoms with Crippen molar-refractivity contribution in [1.82, 2.24) is 0 Å². The number of aryl methyl sites for hydroxylation is 1. The number of benzene rings is 3. The van der Waals surface area contributed by atoms with E-state index in [2.05, 4.69) is 107 Å². The number of hydrogen-bond acceptors (Lipinski definition) is 6. The third-order valence-corrected chi connectivity index (χ3v) is 14.0. The molecule has 0 fully saturated rings. The predicted octanol–water partition coefficient (Wildman–Crippen LogP) is 11.6. The van der Waals surface area contributed by atoms with Crippen LogP contribution in [-0.2, 0) is 31.1 Å². The lowest BCUT2D eigenvalue weighted by molar-refractivity contribution is -0.438. The molecule has 0 unspecified atom stereocenters. The van der Waals surface area contributed by atoms with Gasteiger partial charge in [-0.1, -0.05) is 77.7 Å². The summed E-state index contributed by atoms with van der Waals surface area (Å²) in [5.74, 6) is 1.78. The summed E-state index contributed by atoms with van der Waals surface area (Å²) in [6.07, 6.45) is 17.6. The van der Waals surface area contributed by atoms with Gasteiger partial charge in [-0.15, -0.1) is 0 Å². The zero-order chi connectivity index (χ0) is 43.6. The number of rotatable bonds is 16. The lowest BCUT2D eigenvalue weighted by Gasteiger charge is -2.27. The minimum Gasteiger partial charge on any atom is -0.457 e. The molecule has 3 aromatic rings. The summed E-state index contributed by atoms with van der Waals surface area (Å²) < 4.78 is 77.0. The van der Waals surface area contributed by atoms with Gasteiger partial charge in [0.1, 0.15) is 18.1 Å². The first-order chi connectivity index (χ1) is 28.2. The molecule has 60 heavy (non-hydrogen) atoms. The van der Waals surface area contributed by atoms with E-state index in [1.165, 1.54) is 47.1 Å². The van der Waals surface area contributed by atoms with Crippen molar-refractivity contribution in [3.63, 3.8) is 0 Å². The molecule has 1 aliphatic carbocycles. The van der Waals surface area contributed by atoms with Crippen LogP contribution in [0, 0.1) is 12.8 Å². The van der Waals surface area contributed by atoms with E-state index in [0.717, 1.165) is 92.6 Å². The summed E-state index contributed by atoms with van der Waals surface area (Å²) in [5.41, 5.74) is 8.97. The van der Waals surface area contributed by atoms with Crippen LogP contribution in [0.2, 0.25) is 0 Å². The van der Waals surface area contributed by atoms with Gasteiger partial charge in [0.05, 0.1) is 15.2 Å². The highest BCUT2D eigenvalue weighted by molar-refractivity contribution is 7.86. The van der Waals surface area contributed by atoms with Gasteiger partial charge in [-0.3, -0.25) is 9.11 Å². The van der Waals surface area contributed by atoms with Crippen LogP contribution in [0.25, 0.3) is 0 Å². The molecule has 3 aromatic carbocycles. The summed E-state index contributed by atoms with van der Waals surface area (Å²) in [7, 11) is -8.78. The Morgan fingerprint density at radius 3 is 2.17 bits per heavy atom. The monoisotopic (exact) mass is 855 g/mol. The van der Waals surface area contributed by atoms with Crippen molar-refractivity contribution in [3.8, 4) is 5.75 Å². The third kappa shape index (κ3) is 9.75. The van der Waals surface area contributed by atoms with Crippen molar-refractivity contribution in [2.45, 2.75) is 134 Å². The zero-order valence-corrected chi connectivity index (χ0v) is 38.2. The van der Waals surface area contributed by atoms with Crippen LogP contribution < -0.4 is 9.64 Å². The average molecular weight is 856 g/mol. The van der Waals surface area contributed by atoms with Crippen molar-refractivity contribution < 1.29 is 35.3 Å². The van der Waals surface area contributed by atoms with Crippen LogP contribution in [0.5, 0.6) is 5.75 Å². The van der Waals surface area contributed by atoms with Crippen LogP contribution >= 0.6 is 0 Å². The molecule has 3 aliphatic rings. The minimum atomic E-state index is -4.40. The van der Waals surface area contributed by atoms with Gasteiger partial charge in [-0.25, -0.2) is 0 Å². The lowest BCUT2D eigenvalue weighted by Crippen LogP contribution is -2.28.